The Morgan fingerprint density at radius 3 is 2.00 bits per heavy atom. The third-order valence-corrected chi connectivity index (χ3v) is 5.82. The van der Waals surface area contributed by atoms with E-state index in [4.69, 9.17) is 30.5 Å². The highest BCUT2D eigenvalue weighted by Crippen LogP contribution is 2.57. The molecule has 6 nitrogen and oxygen atoms in total. The van der Waals surface area contributed by atoms with E-state index in [2.05, 4.69) is 0 Å². The molecule has 26 heavy (non-hydrogen) atoms. The molecule has 2 atom stereocenters. The third kappa shape index (κ3) is 2.05. The summed E-state index contributed by atoms with van der Waals surface area (Å²) in [5, 5.41) is -0.724. The molecule has 1 aliphatic carbocycles. The highest BCUT2D eigenvalue weighted by atomic mass is 35.5. The summed E-state index contributed by atoms with van der Waals surface area (Å²) in [5.41, 5.74) is 1.39. The van der Waals surface area contributed by atoms with Crippen molar-refractivity contribution < 1.29 is 18.9 Å². The van der Waals surface area contributed by atoms with Gasteiger partial charge in [-0.2, -0.15) is 0 Å². The van der Waals surface area contributed by atoms with Crippen LogP contribution < -0.4 is 5.56 Å². The molecule has 2 aliphatic heterocycles. The molecule has 5 rings (SSSR count). The second-order valence-electron chi connectivity index (χ2n) is 6.57. The number of pyridine rings is 1. The number of aromatic nitrogens is 1. The van der Waals surface area contributed by atoms with Gasteiger partial charge in [0.25, 0.3) is 5.56 Å². The molecule has 2 aromatic rings. The van der Waals surface area contributed by atoms with Gasteiger partial charge in [0.1, 0.15) is 11.4 Å². The fourth-order valence-electron chi connectivity index (χ4n) is 4.29. The van der Waals surface area contributed by atoms with E-state index in [-0.39, 0.29) is 5.56 Å². The van der Waals surface area contributed by atoms with Gasteiger partial charge in [-0.25, -0.2) is 0 Å². The van der Waals surface area contributed by atoms with E-state index >= 15 is 0 Å². The van der Waals surface area contributed by atoms with Gasteiger partial charge in [-0.15, -0.1) is 11.6 Å². The van der Waals surface area contributed by atoms with Crippen molar-refractivity contribution in [1.29, 1.82) is 0 Å². The standard InChI is InChI=1S/C19H18ClNO5/c20-16-17(21-8-4-3-7-15(21)22)19(25-11-12-26-19)14-6-2-1-5-13(14)18(16)23-9-10-24-18/h1-8,16-17H,9-12H2. The van der Waals surface area contributed by atoms with Gasteiger partial charge in [-0.1, -0.05) is 30.3 Å². The van der Waals surface area contributed by atoms with Crippen molar-refractivity contribution in [2.24, 2.45) is 0 Å². The Labute approximate surface area is 155 Å². The smallest absolute Gasteiger partial charge is 0.251 e. The fourth-order valence-corrected chi connectivity index (χ4v) is 4.82. The second kappa shape index (κ2) is 5.90. The third-order valence-electron chi connectivity index (χ3n) is 5.29. The number of fused-ring (bicyclic) bond motifs is 3. The molecule has 2 fully saturated rings. The molecule has 2 unspecified atom stereocenters. The van der Waals surface area contributed by atoms with E-state index in [1.54, 1.807) is 22.9 Å². The van der Waals surface area contributed by atoms with Gasteiger partial charge in [-0.3, -0.25) is 4.79 Å². The van der Waals surface area contributed by atoms with Gasteiger partial charge in [0.2, 0.25) is 11.6 Å². The number of rotatable bonds is 1. The maximum atomic E-state index is 12.6. The molecule has 3 aliphatic rings. The SMILES string of the molecule is O=c1ccccn1C1C(Cl)C2(OCCO2)c2ccccc2C12OCCO2. The van der Waals surface area contributed by atoms with Gasteiger partial charge in [-0.05, 0) is 6.07 Å². The highest BCUT2D eigenvalue weighted by molar-refractivity contribution is 6.22. The molecule has 3 heterocycles. The maximum absolute atomic E-state index is 12.6. The minimum Gasteiger partial charge on any atom is -0.342 e. The van der Waals surface area contributed by atoms with Crippen LogP contribution in [0.4, 0.5) is 0 Å². The van der Waals surface area contributed by atoms with Crippen LogP contribution >= 0.6 is 11.6 Å². The van der Waals surface area contributed by atoms with Crippen LogP contribution in [0.2, 0.25) is 0 Å². The summed E-state index contributed by atoms with van der Waals surface area (Å²) in [6.07, 6.45) is 1.70. The van der Waals surface area contributed by atoms with E-state index in [0.717, 1.165) is 11.1 Å². The molecule has 1 aromatic carbocycles. The van der Waals surface area contributed by atoms with Crippen molar-refractivity contribution in [3.05, 3.63) is 70.1 Å². The van der Waals surface area contributed by atoms with Crippen molar-refractivity contribution in [2.45, 2.75) is 23.0 Å². The average molecular weight is 376 g/mol. The Morgan fingerprint density at radius 2 is 1.38 bits per heavy atom. The lowest BCUT2D eigenvalue weighted by Crippen LogP contribution is -2.58. The largest absolute Gasteiger partial charge is 0.342 e. The highest BCUT2D eigenvalue weighted by Gasteiger charge is 2.65. The van der Waals surface area contributed by atoms with Crippen molar-refractivity contribution in [3.63, 3.8) is 0 Å². The van der Waals surface area contributed by atoms with Gasteiger partial charge < -0.3 is 23.5 Å². The molecule has 0 bridgehead atoms. The summed E-state index contributed by atoms with van der Waals surface area (Å²) in [7, 11) is 0. The minimum absolute atomic E-state index is 0.186. The zero-order valence-corrected chi connectivity index (χ0v) is 14.7. The quantitative estimate of drug-likeness (QED) is 0.714. The monoisotopic (exact) mass is 375 g/mol. The van der Waals surface area contributed by atoms with E-state index in [0.29, 0.717) is 26.4 Å². The first kappa shape index (κ1) is 16.5. The molecule has 0 saturated carbocycles. The Kier molecular flexibility index (Phi) is 3.74. The lowest BCUT2D eigenvalue weighted by molar-refractivity contribution is -0.256. The van der Waals surface area contributed by atoms with Crippen molar-refractivity contribution >= 4 is 11.6 Å². The van der Waals surface area contributed by atoms with Gasteiger partial charge >= 0.3 is 0 Å². The number of ether oxygens (including phenoxy) is 4. The van der Waals surface area contributed by atoms with Crippen LogP contribution in [-0.4, -0.2) is 36.4 Å². The van der Waals surface area contributed by atoms with E-state index in [9.17, 15) is 4.79 Å². The zero-order chi connectivity index (χ0) is 17.8. The summed E-state index contributed by atoms with van der Waals surface area (Å²) < 4.78 is 25.9. The van der Waals surface area contributed by atoms with Crippen LogP contribution in [0.5, 0.6) is 0 Å². The molecule has 0 radical (unpaired) electrons. The Morgan fingerprint density at radius 1 is 0.846 bits per heavy atom. The van der Waals surface area contributed by atoms with Gasteiger partial charge in [0, 0.05) is 23.4 Å². The normalized spacial score (nSPS) is 28.5. The second-order valence-corrected chi connectivity index (χ2v) is 7.04. The number of hydrogen-bond donors (Lipinski definition) is 0. The molecule has 2 spiro atoms. The predicted molar refractivity (Wildman–Crippen MR) is 93.0 cm³/mol. The van der Waals surface area contributed by atoms with Gasteiger partial charge in [0.05, 0.1) is 26.4 Å². The number of benzene rings is 1. The number of nitrogens with zero attached hydrogens (tertiary/aromatic N) is 1. The first-order valence-electron chi connectivity index (χ1n) is 8.66. The predicted octanol–water partition coefficient (Wildman–Crippen LogP) is 2.11. The fraction of sp³-hybridized carbons (Fsp3) is 0.421. The van der Waals surface area contributed by atoms with Gasteiger partial charge in [0.15, 0.2) is 0 Å². The minimum atomic E-state index is -1.16. The van der Waals surface area contributed by atoms with Crippen LogP contribution in [-0.2, 0) is 30.5 Å². The molecule has 7 heteroatoms. The molecule has 0 amide bonds. The summed E-state index contributed by atoms with van der Waals surface area (Å²) in [6, 6.07) is 12.0. The van der Waals surface area contributed by atoms with Crippen LogP contribution in [0.25, 0.3) is 0 Å². The van der Waals surface area contributed by atoms with Crippen molar-refractivity contribution in [3.8, 4) is 0 Å². The molecular formula is C19H18ClNO5. The molecule has 1 aromatic heterocycles. The molecule has 0 N–H and O–H groups in total. The number of hydrogen-bond acceptors (Lipinski definition) is 5. The number of alkyl halides is 1. The molecule has 136 valence electrons. The zero-order valence-electron chi connectivity index (χ0n) is 14.0. The van der Waals surface area contributed by atoms with Crippen LogP contribution in [0.15, 0.2) is 53.5 Å². The van der Waals surface area contributed by atoms with Crippen LogP contribution in [0.1, 0.15) is 17.2 Å². The molecule has 2 saturated heterocycles. The van der Waals surface area contributed by atoms with E-state index in [1.807, 2.05) is 24.3 Å². The first-order valence-corrected chi connectivity index (χ1v) is 9.10. The van der Waals surface area contributed by atoms with E-state index < -0.39 is 23.0 Å². The van der Waals surface area contributed by atoms with Crippen LogP contribution in [0.3, 0.4) is 0 Å². The van der Waals surface area contributed by atoms with Crippen LogP contribution in [0, 0.1) is 0 Å². The van der Waals surface area contributed by atoms with Crippen molar-refractivity contribution in [1.82, 2.24) is 4.57 Å². The summed E-state index contributed by atoms with van der Waals surface area (Å²) >= 11 is 6.98. The lowest BCUT2D eigenvalue weighted by Gasteiger charge is -2.50. The lowest BCUT2D eigenvalue weighted by atomic mass is 9.78. The summed E-state index contributed by atoms with van der Waals surface area (Å²) in [4.78, 5) is 12.6. The number of halogens is 1. The van der Waals surface area contributed by atoms with E-state index in [1.165, 1.54) is 6.07 Å². The molecular weight excluding hydrogens is 358 g/mol. The Balaban J connectivity index is 1.81. The average Bonchev–Trinajstić information content (AvgIpc) is 3.33. The summed E-state index contributed by atoms with van der Waals surface area (Å²) in [6.45, 7) is 1.71. The topological polar surface area (TPSA) is 58.9 Å². The van der Waals surface area contributed by atoms with Crippen molar-refractivity contribution in [2.75, 3.05) is 26.4 Å². The maximum Gasteiger partial charge on any atom is 0.251 e. The first-order chi connectivity index (χ1) is 12.7. The Hall–Kier alpha value is -1.70. The summed E-state index contributed by atoms with van der Waals surface area (Å²) in [5.74, 6) is -2.30. The Bertz CT molecular complexity index is 885.